The maximum absolute atomic E-state index is 11.8. The van der Waals surface area contributed by atoms with Gasteiger partial charge in [-0.15, -0.1) is 0 Å². The molecule has 18 nitrogen and oxygen atoms in total. The number of carbonyl (C=O) groups is 10. The van der Waals surface area contributed by atoms with E-state index in [0.29, 0.717) is 38.6 Å². The zero-order chi connectivity index (χ0) is 63.3. The first-order valence-electron chi connectivity index (χ1n) is 29.1. The number of ether oxygens (including phenoxy) is 6. The van der Waals surface area contributed by atoms with Gasteiger partial charge in [-0.1, -0.05) is 143 Å². The summed E-state index contributed by atoms with van der Waals surface area (Å²) in [5, 5.41) is 4.58. The van der Waals surface area contributed by atoms with Gasteiger partial charge in [-0.05, 0) is 127 Å². The summed E-state index contributed by atoms with van der Waals surface area (Å²) in [6.07, 6.45) is 62.6. The number of halogens is 1. The van der Waals surface area contributed by atoms with E-state index >= 15 is 0 Å². The highest BCUT2D eigenvalue weighted by molar-refractivity contribution is 6.63. The van der Waals surface area contributed by atoms with Crippen molar-refractivity contribution >= 4 is 70.9 Å². The lowest BCUT2D eigenvalue weighted by atomic mass is 10.2. The van der Waals surface area contributed by atoms with Crippen LogP contribution in [0.3, 0.4) is 0 Å². The van der Waals surface area contributed by atoms with Gasteiger partial charge in [0.1, 0.15) is 0 Å². The van der Waals surface area contributed by atoms with Crippen LogP contribution < -0.4 is 10.6 Å². The van der Waals surface area contributed by atoms with Crippen molar-refractivity contribution in [2.24, 2.45) is 0 Å². The summed E-state index contributed by atoms with van der Waals surface area (Å²) < 4.78 is 27.8. The van der Waals surface area contributed by atoms with Crippen LogP contribution >= 0.6 is 11.6 Å². The van der Waals surface area contributed by atoms with Crippen molar-refractivity contribution in [3.63, 3.8) is 0 Å². The molecule has 0 atom stereocenters. The van der Waals surface area contributed by atoms with E-state index in [4.69, 9.17) is 21.1 Å². The van der Waals surface area contributed by atoms with Crippen molar-refractivity contribution < 1.29 is 76.4 Å². The molecular weight excluding hydrogens is 1120 g/mol. The Kier molecular flexibility index (Phi) is 68.7. The lowest BCUT2D eigenvalue weighted by Gasteiger charge is -2.04. The van der Waals surface area contributed by atoms with Crippen LogP contribution in [0.15, 0.2) is 146 Å². The Bertz CT molecular complexity index is 2210. The lowest BCUT2D eigenvalue weighted by Crippen LogP contribution is -2.23. The Labute approximate surface area is 517 Å². The molecule has 0 spiro atoms. The Morgan fingerprint density at radius 3 is 1.09 bits per heavy atom. The van der Waals surface area contributed by atoms with Crippen molar-refractivity contribution in [3.8, 4) is 0 Å². The van der Waals surface area contributed by atoms with E-state index in [2.05, 4.69) is 159 Å². The second-order valence-corrected chi connectivity index (χ2v) is 18.2. The molecule has 0 saturated heterocycles. The summed E-state index contributed by atoms with van der Waals surface area (Å²) in [6, 6.07) is 0. The smallest absolute Gasteiger partial charge is 0.338 e. The molecule has 0 bridgehead atoms. The standard InChI is InChI=1S/C33H47NO8.C24H35ClO3.C9H13NO5.CH4/c1-3-4-5-6-7-8-9-10-11-12-13-14-15-16-17-18-19-22-31(37)41-28-21-24-32(38)42-33(39)26-25-29(35)34-27-20-23-30(36)40-2;1-2-3-4-5-6-7-8-9-10-11-12-13-14-15-16-17-18-21-24(27)28-22-19-20-23(25)26;1-14-9(13)3-2-5-10-8(12)4-6-15-7-11;/h4-5,7-8,10-11,13-14,16-17,25-26H,3,6,9,12,15,18-24,27-28H2,1-2H3,(H,34,35);3-4,6-7,9-10,12-13,15-16H,2,5,8,11,14,17-22H2,1H3;4,6-7H,2-3,5H2,1H3,(H,10,12);1H4/b5-4-,8-7-,11-10-,14-13-,17-16-,26-25+;4-3-,7-6-,10-9-,13-12-,16-15-;6-4+;. The van der Waals surface area contributed by atoms with Gasteiger partial charge < -0.3 is 39.1 Å². The third-order valence-electron chi connectivity index (χ3n) is 10.5. The molecule has 2 N–H and O–H groups in total. The van der Waals surface area contributed by atoms with Crippen LogP contribution in [-0.4, -0.2) is 99.9 Å². The average Bonchev–Trinajstić information content (AvgIpc) is 3.50. The molecule has 0 heterocycles. The molecule has 0 aliphatic carbocycles. The number of allylic oxidation sites excluding steroid dienone is 20. The molecule has 0 rings (SSSR count). The van der Waals surface area contributed by atoms with Gasteiger partial charge in [0.2, 0.25) is 17.1 Å². The van der Waals surface area contributed by atoms with E-state index in [1.54, 1.807) is 0 Å². The van der Waals surface area contributed by atoms with Gasteiger partial charge in [-0.3, -0.25) is 43.2 Å². The van der Waals surface area contributed by atoms with Crippen LogP contribution in [0.1, 0.15) is 175 Å². The number of methoxy groups -OCH3 is 2. The number of rotatable bonds is 47. The van der Waals surface area contributed by atoms with Gasteiger partial charge in [-0.2, -0.15) is 0 Å². The summed E-state index contributed by atoms with van der Waals surface area (Å²) in [4.78, 5) is 111. The monoisotopic (exact) mass is 1220 g/mol. The maximum atomic E-state index is 11.8. The summed E-state index contributed by atoms with van der Waals surface area (Å²) in [5.41, 5.74) is 0. The molecule has 0 aromatic carbocycles. The van der Waals surface area contributed by atoms with E-state index in [-0.39, 0.29) is 102 Å². The molecule has 0 fully saturated rings. The van der Waals surface area contributed by atoms with Crippen LogP contribution in [0.2, 0.25) is 0 Å². The zero-order valence-corrected chi connectivity index (χ0v) is 51.4. The fourth-order valence-electron chi connectivity index (χ4n) is 6.09. The average molecular weight is 1220 g/mol. The minimum atomic E-state index is -0.975. The van der Waals surface area contributed by atoms with E-state index in [1.807, 2.05) is 6.08 Å². The molecule has 86 heavy (non-hydrogen) atoms. The SMILES string of the molecule is C.CC/C=C\C/C=C\C/C=C\C/C=C\C/C=C\CCCC(=O)OCCCC(=O)Cl.CC/C=C\C/C=C\C/C=C\C/C=C\C/C=C\CCCC(=O)OCCCC(=O)OC(=O)/C=C/C(=O)NCCCC(=O)OC.COC(=O)CCCNC(=O)/C=C/OC=O. The number of esters is 6. The van der Waals surface area contributed by atoms with Crippen LogP contribution in [0, 0.1) is 0 Å². The maximum Gasteiger partial charge on any atom is 0.338 e. The number of hydrogen-bond donors (Lipinski definition) is 2. The Balaban J connectivity index is -0.000000654. The number of amides is 2. The predicted octanol–water partition coefficient (Wildman–Crippen LogP) is 13.3. The van der Waals surface area contributed by atoms with Crippen molar-refractivity contribution in [1.29, 1.82) is 0 Å². The first-order valence-corrected chi connectivity index (χ1v) is 29.5. The zero-order valence-electron chi connectivity index (χ0n) is 50.6. The molecule has 0 aromatic rings. The number of carbonyl (C=O) groups excluding carboxylic acids is 10. The van der Waals surface area contributed by atoms with E-state index in [9.17, 15) is 47.9 Å². The van der Waals surface area contributed by atoms with Crippen molar-refractivity contribution in [1.82, 2.24) is 10.6 Å². The highest BCUT2D eigenvalue weighted by Crippen LogP contribution is 2.05. The minimum Gasteiger partial charge on any atom is -0.469 e. The van der Waals surface area contributed by atoms with E-state index in [1.165, 1.54) is 14.2 Å². The predicted molar refractivity (Wildman–Crippen MR) is 340 cm³/mol. The van der Waals surface area contributed by atoms with Crippen LogP contribution in [-0.2, 0) is 76.4 Å². The fraction of sp³-hybridized carbons (Fsp3) is 0.493. The summed E-state index contributed by atoms with van der Waals surface area (Å²) in [6.45, 7) is 5.38. The minimum absolute atomic E-state index is 0. The van der Waals surface area contributed by atoms with Gasteiger partial charge in [-0.25, -0.2) is 4.79 Å². The molecule has 2 amide bonds. The van der Waals surface area contributed by atoms with Crippen molar-refractivity contribution in [2.75, 3.05) is 40.5 Å². The first kappa shape index (κ1) is 84.7. The van der Waals surface area contributed by atoms with Gasteiger partial charge in [0.05, 0.1) is 33.7 Å². The van der Waals surface area contributed by atoms with E-state index < -0.39 is 23.1 Å². The van der Waals surface area contributed by atoms with Crippen LogP contribution in [0.4, 0.5) is 0 Å². The number of unbranched alkanes of at least 4 members (excludes halogenated alkanes) is 2. The topological polar surface area (TPSA) is 250 Å². The molecule has 19 heteroatoms. The highest BCUT2D eigenvalue weighted by Gasteiger charge is 2.10. The largest absolute Gasteiger partial charge is 0.469 e. The van der Waals surface area contributed by atoms with Gasteiger partial charge in [0, 0.05) is 69.8 Å². The molecule has 0 aliphatic heterocycles. The second-order valence-electron chi connectivity index (χ2n) is 17.8. The Morgan fingerprint density at radius 1 is 0.395 bits per heavy atom. The quantitative estimate of drug-likeness (QED) is 0.00661. The molecule has 480 valence electrons. The van der Waals surface area contributed by atoms with Crippen molar-refractivity contribution in [2.45, 2.75) is 175 Å². The number of hydrogen-bond acceptors (Lipinski definition) is 16. The third-order valence-corrected chi connectivity index (χ3v) is 10.7. The lowest BCUT2D eigenvalue weighted by molar-refractivity contribution is -0.157. The molecule has 0 aromatic heterocycles. The molecular formula is C67H99ClN2O16. The highest BCUT2D eigenvalue weighted by atomic mass is 35.5. The Morgan fingerprint density at radius 2 is 0.733 bits per heavy atom. The Hall–Kier alpha value is -7.73. The van der Waals surface area contributed by atoms with Crippen molar-refractivity contribution in [3.05, 3.63) is 146 Å². The molecule has 0 unspecified atom stereocenters. The van der Waals surface area contributed by atoms with Gasteiger partial charge in [0.25, 0.3) is 6.47 Å². The molecule has 0 saturated carbocycles. The summed E-state index contributed by atoms with van der Waals surface area (Å²) in [7, 11) is 2.58. The number of nitrogens with one attached hydrogen (secondary N) is 2. The fourth-order valence-corrected chi connectivity index (χ4v) is 6.23. The van der Waals surface area contributed by atoms with Gasteiger partial charge in [0.15, 0.2) is 0 Å². The van der Waals surface area contributed by atoms with Gasteiger partial charge >= 0.3 is 35.8 Å². The molecule has 0 aliphatic rings. The van der Waals surface area contributed by atoms with Crippen LogP contribution in [0.5, 0.6) is 0 Å². The normalized spacial score (nSPS) is 11.5. The molecule has 0 radical (unpaired) electrons. The second kappa shape index (κ2) is 69.8. The summed E-state index contributed by atoms with van der Waals surface area (Å²) in [5.74, 6) is -3.95. The summed E-state index contributed by atoms with van der Waals surface area (Å²) >= 11 is 5.21. The van der Waals surface area contributed by atoms with Crippen LogP contribution in [0.25, 0.3) is 0 Å². The van der Waals surface area contributed by atoms with E-state index in [0.717, 1.165) is 108 Å². The first-order chi connectivity index (χ1) is 41.2. The third kappa shape index (κ3) is 74.3.